The molecule has 1 aliphatic heterocycles. The van der Waals surface area contributed by atoms with E-state index in [0.717, 1.165) is 24.7 Å². The molecule has 0 atom stereocenters. The van der Waals surface area contributed by atoms with Crippen LogP contribution in [0.5, 0.6) is 0 Å². The van der Waals surface area contributed by atoms with Crippen LogP contribution in [0, 0.1) is 0 Å². The molecule has 4 rings (SSSR count). The number of likely N-dealkylation sites (tertiary alicyclic amines) is 1. The van der Waals surface area contributed by atoms with Gasteiger partial charge in [0.2, 0.25) is 0 Å². The van der Waals surface area contributed by atoms with Gasteiger partial charge in [-0.3, -0.25) is 9.89 Å². The number of hydrogen-bond acceptors (Lipinski definition) is 3. The van der Waals surface area contributed by atoms with Crippen LogP contribution < -0.4 is 10.6 Å². The van der Waals surface area contributed by atoms with Gasteiger partial charge in [0, 0.05) is 39.1 Å². The van der Waals surface area contributed by atoms with Crippen molar-refractivity contribution in [2.45, 2.75) is 38.9 Å². The van der Waals surface area contributed by atoms with Crippen molar-refractivity contribution >= 4 is 5.96 Å². The molecule has 0 radical (unpaired) electrons. The maximum absolute atomic E-state index is 4.36. The Bertz CT molecular complexity index is 956. The Morgan fingerprint density at radius 1 is 0.903 bits per heavy atom. The topological polar surface area (TPSA) is 57.5 Å². The summed E-state index contributed by atoms with van der Waals surface area (Å²) >= 11 is 0. The maximum atomic E-state index is 4.36. The average Bonchev–Trinajstić information content (AvgIpc) is 3.36. The van der Waals surface area contributed by atoms with Crippen LogP contribution >= 0.6 is 0 Å². The number of nitrogens with zero attached hydrogens (tertiary/aromatic N) is 4. The normalized spacial score (nSPS) is 15.1. The van der Waals surface area contributed by atoms with Crippen LogP contribution in [0.15, 0.2) is 72.0 Å². The zero-order valence-corrected chi connectivity index (χ0v) is 18.3. The number of rotatable bonds is 7. The van der Waals surface area contributed by atoms with E-state index < -0.39 is 0 Å². The molecule has 0 spiro atoms. The molecule has 1 aromatic heterocycles. The first kappa shape index (κ1) is 21.1. The minimum absolute atomic E-state index is 0.698. The van der Waals surface area contributed by atoms with Crippen molar-refractivity contribution in [1.29, 1.82) is 0 Å². The lowest BCUT2D eigenvalue weighted by molar-refractivity contribution is 0.221. The average molecular weight is 417 g/mol. The van der Waals surface area contributed by atoms with Gasteiger partial charge >= 0.3 is 0 Å². The zero-order valence-electron chi connectivity index (χ0n) is 18.3. The number of aliphatic imine (C=N–C) groups is 1. The number of benzene rings is 2. The second-order valence-corrected chi connectivity index (χ2v) is 8.05. The SMILES string of the molecule is CN=C(NCc1ccc(CN2CCCCC2)cc1)NCc1cccc(-n2cccn2)c1. The number of guanidine groups is 1. The van der Waals surface area contributed by atoms with E-state index in [1.807, 2.05) is 16.9 Å². The minimum atomic E-state index is 0.698. The van der Waals surface area contributed by atoms with Gasteiger partial charge < -0.3 is 10.6 Å². The summed E-state index contributed by atoms with van der Waals surface area (Å²) in [7, 11) is 1.80. The summed E-state index contributed by atoms with van der Waals surface area (Å²) in [5, 5.41) is 11.1. The molecule has 162 valence electrons. The molecule has 6 heteroatoms. The van der Waals surface area contributed by atoms with Crippen molar-refractivity contribution in [3.63, 3.8) is 0 Å². The second kappa shape index (κ2) is 10.8. The maximum Gasteiger partial charge on any atom is 0.191 e. The van der Waals surface area contributed by atoms with Crippen molar-refractivity contribution < 1.29 is 0 Å². The zero-order chi connectivity index (χ0) is 21.3. The molecule has 1 aliphatic rings. The quantitative estimate of drug-likeness (QED) is 0.455. The van der Waals surface area contributed by atoms with E-state index >= 15 is 0 Å². The van der Waals surface area contributed by atoms with Crippen molar-refractivity contribution in [3.05, 3.63) is 83.7 Å². The lowest BCUT2D eigenvalue weighted by Crippen LogP contribution is -2.36. The molecular formula is C25H32N6. The Morgan fingerprint density at radius 2 is 1.65 bits per heavy atom. The van der Waals surface area contributed by atoms with E-state index in [-0.39, 0.29) is 0 Å². The van der Waals surface area contributed by atoms with E-state index in [2.05, 4.69) is 74.2 Å². The smallest absolute Gasteiger partial charge is 0.191 e. The number of piperidine rings is 1. The number of aromatic nitrogens is 2. The van der Waals surface area contributed by atoms with Gasteiger partial charge in [0.15, 0.2) is 5.96 Å². The number of nitrogens with one attached hydrogen (secondary N) is 2. The Labute approximate surface area is 185 Å². The first-order chi connectivity index (χ1) is 15.3. The van der Waals surface area contributed by atoms with Gasteiger partial charge in [-0.15, -0.1) is 0 Å². The molecule has 0 bridgehead atoms. The van der Waals surface area contributed by atoms with Gasteiger partial charge in [-0.25, -0.2) is 4.68 Å². The van der Waals surface area contributed by atoms with Crippen molar-refractivity contribution in [2.24, 2.45) is 4.99 Å². The van der Waals surface area contributed by atoms with E-state index in [0.29, 0.717) is 6.54 Å². The Hall–Kier alpha value is -3.12. The van der Waals surface area contributed by atoms with Gasteiger partial charge in [0.05, 0.1) is 5.69 Å². The first-order valence-electron chi connectivity index (χ1n) is 11.1. The fourth-order valence-electron chi connectivity index (χ4n) is 3.96. The summed E-state index contributed by atoms with van der Waals surface area (Å²) in [6.45, 7) is 4.97. The molecule has 2 N–H and O–H groups in total. The van der Waals surface area contributed by atoms with Crippen LogP contribution in [0.25, 0.3) is 5.69 Å². The Kier molecular flexibility index (Phi) is 7.34. The van der Waals surface area contributed by atoms with Crippen LogP contribution in [0.2, 0.25) is 0 Å². The molecule has 6 nitrogen and oxygen atoms in total. The van der Waals surface area contributed by atoms with Crippen LogP contribution in [-0.2, 0) is 19.6 Å². The van der Waals surface area contributed by atoms with E-state index in [1.54, 1.807) is 13.2 Å². The minimum Gasteiger partial charge on any atom is -0.352 e. The fraction of sp³-hybridized carbons (Fsp3) is 0.360. The van der Waals surface area contributed by atoms with Gasteiger partial charge in [-0.05, 0) is 60.8 Å². The molecule has 0 amide bonds. The third-order valence-corrected chi connectivity index (χ3v) is 5.70. The molecule has 0 unspecified atom stereocenters. The summed E-state index contributed by atoms with van der Waals surface area (Å²) in [5.41, 5.74) is 4.88. The van der Waals surface area contributed by atoms with Crippen molar-refractivity contribution in [1.82, 2.24) is 25.3 Å². The van der Waals surface area contributed by atoms with Gasteiger partial charge in [-0.1, -0.05) is 42.8 Å². The first-order valence-corrected chi connectivity index (χ1v) is 11.1. The molecule has 2 aromatic carbocycles. The molecule has 3 aromatic rings. The van der Waals surface area contributed by atoms with Crippen molar-refractivity contribution in [3.8, 4) is 5.69 Å². The molecule has 2 heterocycles. The predicted octanol–water partition coefficient (Wildman–Crippen LogP) is 3.72. The standard InChI is InChI=1S/C25H32N6/c1-26-25(28-19-23-7-5-8-24(17-23)31-16-6-13-29-31)27-18-21-9-11-22(12-10-21)20-30-14-3-2-4-15-30/h5-13,16-17H,2-4,14-15,18-20H2,1H3,(H2,26,27,28). The largest absolute Gasteiger partial charge is 0.352 e. The lowest BCUT2D eigenvalue weighted by atomic mass is 10.1. The summed E-state index contributed by atoms with van der Waals surface area (Å²) < 4.78 is 1.87. The molecule has 31 heavy (non-hydrogen) atoms. The monoisotopic (exact) mass is 416 g/mol. The molecule has 1 saturated heterocycles. The van der Waals surface area contributed by atoms with E-state index in [1.165, 1.54) is 49.0 Å². The third-order valence-electron chi connectivity index (χ3n) is 5.70. The van der Waals surface area contributed by atoms with Gasteiger partial charge in [0.1, 0.15) is 0 Å². The molecule has 1 fully saturated rings. The van der Waals surface area contributed by atoms with Crippen LogP contribution in [0.1, 0.15) is 36.0 Å². The third kappa shape index (κ3) is 6.18. The highest BCUT2D eigenvalue weighted by Gasteiger charge is 2.10. The van der Waals surface area contributed by atoms with E-state index in [9.17, 15) is 0 Å². The van der Waals surface area contributed by atoms with Crippen LogP contribution in [0.4, 0.5) is 0 Å². The summed E-state index contributed by atoms with van der Waals surface area (Å²) in [6, 6.07) is 19.2. The fourth-order valence-corrected chi connectivity index (χ4v) is 3.96. The molecule has 0 aliphatic carbocycles. The highest BCUT2D eigenvalue weighted by molar-refractivity contribution is 5.79. The number of hydrogen-bond donors (Lipinski definition) is 2. The van der Waals surface area contributed by atoms with Crippen molar-refractivity contribution in [2.75, 3.05) is 20.1 Å². The Morgan fingerprint density at radius 3 is 2.35 bits per heavy atom. The predicted molar refractivity (Wildman–Crippen MR) is 126 cm³/mol. The van der Waals surface area contributed by atoms with Crippen LogP contribution in [0.3, 0.4) is 0 Å². The van der Waals surface area contributed by atoms with E-state index in [4.69, 9.17) is 0 Å². The lowest BCUT2D eigenvalue weighted by Gasteiger charge is -2.26. The second-order valence-electron chi connectivity index (χ2n) is 8.05. The summed E-state index contributed by atoms with van der Waals surface area (Å²) in [5.74, 6) is 0.793. The van der Waals surface area contributed by atoms with Gasteiger partial charge in [0.25, 0.3) is 0 Å². The highest BCUT2D eigenvalue weighted by atomic mass is 15.3. The highest BCUT2D eigenvalue weighted by Crippen LogP contribution is 2.14. The summed E-state index contributed by atoms with van der Waals surface area (Å²) in [4.78, 5) is 6.92. The molecule has 0 saturated carbocycles. The summed E-state index contributed by atoms with van der Waals surface area (Å²) in [6.07, 6.45) is 7.79. The Balaban J connectivity index is 1.25. The van der Waals surface area contributed by atoms with Gasteiger partial charge in [-0.2, -0.15) is 5.10 Å². The van der Waals surface area contributed by atoms with Crippen LogP contribution in [-0.4, -0.2) is 40.8 Å². The molecular weight excluding hydrogens is 384 g/mol.